The molecule has 0 aliphatic carbocycles. The van der Waals surface area contributed by atoms with Gasteiger partial charge in [-0.25, -0.2) is 0 Å². The zero-order chi connectivity index (χ0) is 18.1. The first kappa shape index (κ1) is 18.4. The predicted molar refractivity (Wildman–Crippen MR) is 69.3 cm³/mol. The van der Waals surface area contributed by atoms with Crippen molar-refractivity contribution in [2.24, 2.45) is 0 Å². The summed E-state index contributed by atoms with van der Waals surface area (Å²) < 4.78 is 86.3. The number of carbonyl (C=O) groups is 1. The quantitative estimate of drug-likeness (QED) is 0.667. The van der Waals surface area contributed by atoms with Crippen LogP contribution in [0.3, 0.4) is 0 Å². The summed E-state index contributed by atoms with van der Waals surface area (Å²) >= 11 is 0. The Balaban J connectivity index is 2.22. The number of benzene rings is 1. The summed E-state index contributed by atoms with van der Waals surface area (Å²) in [6.45, 7) is 0.0946. The molecule has 134 valence electrons. The summed E-state index contributed by atoms with van der Waals surface area (Å²) in [5, 5.41) is 2.72. The van der Waals surface area contributed by atoms with Crippen molar-refractivity contribution < 1.29 is 40.6 Å². The molecule has 2 rings (SSSR count). The van der Waals surface area contributed by atoms with Crippen LogP contribution in [0.5, 0.6) is 5.75 Å². The summed E-state index contributed by atoms with van der Waals surface area (Å²) in [7, 11) is 1.17. The van der Waals surface area contributed by atoms with Crippen molar-refractivity contribution in [1.82, 2.24) is 5.32 Å². The van der Waals surface area contributed by atoms with Crippen LogP contribution in [0.4, 0.5) is 26.3 Å². The highest BCUT2D eigenvalue weighted by Gasteiger charge is 2.38. The van der Waals surface area contributed by atoms with E-state index in [2.05, 4.69) is 10.1 Å². The summed E-state index contributed by atoms with van der Waals surface area (Å²) in [4.78, 5) is 11.3. The monoisotopic (exact) mass is 357 g/mol. The molecule has 1 aromatic carbocycles. The van der Waals surface area contributed by atoms with Gasteiger partial charge >= 0.3 is 18.3 Å². The molecule has 1 N–H and O–H groups in total. The number of ether oxygens (including phenoxy) is 2. The molecule has 24 heavy (non-hydrogen) atoms. The Hall–Kier alpha value is -1.97. The second kappa shape index (κ2) is 6.50. The van der Waals surface area contributed by atoms with Crippen molar-refractivity contribution in [3.8, 4) is 5.75 Å². The van der Waals surface area contributed by atoms with Crippen LogP contribution in [-0.2, 0) is 21.9 Å². The first-order valence-corrected chi connectivity index (χ1v) is 6.78. The Morgan fingerprint density at radius 3 is 2.08 bits per heavy atom. The van der Waals surface area contributed by atoms with Gasteiger partial charge < -0.3 is 14.8 Å². The number of halogens is 6. The first-order chi connectivity index (χ1) is 11.0. The van der Waals surface area contributed by atoms with E-state index in [1.807, 2.05) is 0 Å². The van der Waals surface area contributed by atoms with Gasteiger partial charge in [-0.15, -0.1) is 0 Å². The average molecular weight is 357 g/mol. The number of hydrogen-bond acceptors (Lipinski definition) is 4. The standard InChI is InChI=1S/C14H13F6NO3/c1-23-12(22)11-5-10(6-21-11)24-9-3-7(13(15,16)17)2-8(4-9)14(18,19)20/h2-4,10-11,21H,5-6H2,1H3/t10-,11+/m1/s1. The van der Waals surface area contributed by atoms with E-state index in [0.29, 0.717) is 12.1 Å². The third-order valence-electron chi connectivity index (χ3n) is 3.44. The van der Waals surface area contributed by atoms with Crippen molar-refractivity contribution in [2.75, 3.05) is 13.7 Å². The average Bonchev–Trinajstić information content (AvgIpc) is 2.92. The fraction of sp³-hybridized carbons (Fsp3) is 0.500. The summed E-state index contributed by atoms with van der Waals surface area (Å²) in [6.07, 6.45) is -10.6. The lowest BCUT2D eigenvalue weighted by Crippen LogP contribution is -2.31. The number of esters is 1. The molecule has 1 fully saturated rings. The minimum atomic E-state index is -4.94. The molecule has 0 bridgehead atoms. The molecule has 1 aliphatic rings. The molecule has 1 aromatic rings. The zero-order valence-corrected chi connectivity index (χ0v) is 12.3. The lowest BCUT2D eigenvalue weighted by molar-refractivity contribution is -0.144. The Morgan fingerprint density at radius 1 is 1.08 bits per heavy atom. The van der Waals surface area contributed by atoms with E-state index in [1.54, 1.807) is 0 Å². The van der Waals surface area contributed by atoms with E-state index < -0.39 is 47.3 Å². The maximum Gasteiger partial charge on any atom is 0.416 e. The number of hydrogen-bond donors (Lipinski definition) is 1. The van der Waals surface area contributed by atoms with E-state index in [9.17, 15) is 31.1 Å². The molecular weight excluding hydrogens is 344 g/mol. The molecule has 0 aromatic heterocycles. The van der Waals surface area contributed by atoms with E-state index in [-0.39, 0.29) is 19.0 Å². The molecule has 0 radical (unpaired) electrons. The van der Waals surface area contributed by atoms with Gasteiger partial charge in [-0.2, -0.15) is 26.3 Å². The third-order valence-corrected chi connectivity index (χ3v) is 3.44. The maximum atomic E-state index is 12.8. The molecule has 0 saturated carbocycles. The molecule has 2 atom stereocenters. The van der Waals surface area contributed by atoms with Gasteiger partial charge in [0.25, 0.3) is 0 Å². The van der Waals surface area contributed by atoms with Crippen molar-refractivity contribution in [1.29, 1.82) is 0 Å². The van der Waals surface area contributed by atoms with Gasteiger partial charge in [0.15, 0.2) is 0 Å². The van der Waals surface area contributed by atoms with Gasteiger partial charge in [0.2, 0.25) is 0 Å². The zero-order valence-electron chi connectivity index (χ0n) is 12.3. The molecule has 0 unspecified atom stereocenters. The van der Waals surface area contributed by atoms with E-state index >= 15 is 0 Å². The highest BCUT2D eigenvalue weighted by atomic mass is 19.4. The molecule has 10 heteroatoms. The highest BCUT2D eigenvalue weighted by Crippen LogP contribution is 2.38. The van der Waals surface area contributed by atoms with Crippen molar-refractivity contribution in [3.63, 3.8) is 0 Å². The van der Waals surface area contributed by atoms with Gasteiger partial charge in [-0.05, 0) is 18.2 Å². The molecule has 0 amide bonds. The Bertz CT molecular complexity index is 581. The third kappa shape index (κ3) is 4.31. The van der Waals surface area contributed by atoms with Crippen LogP contribution in [0.25, 0.3) is 0 Å². The Morgan fingerprint density at radius 2 is 1.62 bits per heavy atom. The predicted octanol–water partition coefficient (Wildman–Crippen LogP) is 3.01. The second-order valence-electron chi connectivity index (χ2n) is 5.20. The van der Waals surface area contributed by atoms with Crippen LogP contribution >= 0.6 is 0 Å². The summed E-state index contributed by atoms with van der Waals surface area (Å²) in [6, 6.07) is 0.311. The molecule has 4 nitrogen and oxygen atoms in total. The van der Waals surface area contributed by atoms with E-state index in [0.717, 1.165) is 0 Å². The largest absolute Gasteiger partial charge is 0.489 e. The minimum absolute atomic E-state index is 0.0248. The number of rotatable bonds is 3. The van der Waals surface area contributed by atoms with Gasteiger partial charge in [0.05, 0.1) is 18.2 Å². The molecule has 1 aliphatic heterocycles. The fourth-order valence-corrected chi connectivity index (χ4v) is 2.30. The van der Waals surface area contributed by atoms with Gasteiger partial charge in [-0.1, -0.05) is 0 Å². The SMILES string of the molecule is COC(=O)[C@@H]1C[C@@H](Oc2cc(C(F)(F)F)cc(C(F)(F)F)c2)CN1. The van der Waals surface area contributed by atoms with Crippen molar-refractivity contribution >= 4 is 5.97 Å². The summed E-state index contributed by atoms with van der Waals surface area (Å²) in [5.74, 6) is -1.14. The smallest absolute Gasteiger partial charge is 0.416 e. The first-order valence-electron chi connectivity index (χ1n) is 6.78. The lowest BCUT2D eigenvalue weighted by Gasteiger charge is -2.17. The van der Waals surface area contributed by atoms with Gasteiger partial charge in [0.1, 0.15) is 17.9 Å². The van der Waals surface area contributed by atoms with Crippen LogP contribution in [0.2, 0.25) is 0 Å². The normalized spacial score (nSPS) is 21.6. The van der Waals surface area contributed by atoms with Crippen molar-refractivity contribution in [3.05, 3.63) is 29.3 Å². The molecular formula is C14H13F6NO3. The molecule has 1 saturated heterocycles. The molecule has 1 heterocycles. The fourth-order valence-electron chi connectivity index (χ4n) is 2.30. The number of methoxy groups -OCH3 is 1. The minimum Gasteiger partial charge on any atom is -0.489 e. The topological polar surface area (TPSA) is 47.6 Å². The van der Waals surface area contributed by atoms with Crippen LogP contribution in [0, 0.1) is 0 Å². The van der Waals surface area contributed by atoms with Gasteiger partial charge in [-0.3, -0.25) is 4.79 Å². The second-order valence-corrected chi connectivity index (χ2v) is 5.20. The van der Waals surface area contributed by atoms with E-state index in [1.165, 1.54) is 7.11 Å². The Kier molecular flexibility index (Phi) is 4.97. The number of carbonyl (C=O) groups excluding carboxylic acids is 1. The maximum absolute atomic E-state index is 12.8. The van der Waals surface area contributed by atoms with Crippen molar-refractivity contribution in [2.45, 2.75) is 30.9 Å². The van der Waals surface area contributed by atoms with E-state index in [4.69, 9.17) is 4.74 Å². The van der Waals surface area contributed by atoms with Crippen LogP contribution in [0.1, 0.15) is 17.5 Å². The summed E-state index contributed by atoms with van der Waals surface area (Å²) in [5.41, 5.74) is -2.91. The number of nitrogens with one attached hydrogen (secondary N) is 1. The number of alkyl halides is 6. The lowest BCUT2D eigenvalue weighted by atomic mass is 10.1. The Labute approximate surface area is 132 Å². The van der Waals surface area contributed by atoms with Crippen LogP contribution < -0.4 is 10.1 Å². The highest BCUT2D eigenvalue weighted by molar-refractivity contribution is 5.76. The van der Waals surface area contributed by atoms with Gasteiger partial charge in [0, 0.05) is 13.0 Å². The molecule has 0 spiro atoms. The van der Waals surface area contributed by atoms with Crippen LogP contribution in [0.15, 0.2) is 18.2 Å². The van der Waals surface area contributed by atoms with Crippen LogP contribution in [-0.4, -0.2) is 31.8 Å².